The molecule has 0 amide bonds. The minimum atomic E-state index is -3.46. The van der Waals surface area contributed by atoms with E-state index in [0.29, 0.717) is 12.6 Å². The largest absolute Gasteiger partial charge is 0.313 e. The summed E-state index contributed by atoms with van der Waals surface area (Å²) in [6, 6.07) is 0.400. The predicted octanol–water partition coefficient (Wildman–Crippen LogP) is 0.688. The average Bonchev–Trinajstić information content (AvgIpc) is 2.78. The van der Waals surface area contributed by atoms with E-state index in [0.717, 1.165) is 6.54 Å². The molecule has 7 heteroatoms. The third-order valence-electron chi connectivity index (χ3n) is 2.60. The highest BCUT2D eigenvalue weighted by molar-refractivity contribution is 7.89. The van der Waals surface area contributed by atoms with Crippen molar-refractivity contribution in [3.05, 3.63) is 25.0 Å². The molecule has 1 rings (SSSR count). The first-order valence-electron chi connectivity index (χ1n) is 6.21. The maximum absolute atomic E-state index is 12.1. The molecule has 0 atom stereocenters. The predicted molar refractivity (Wildman–Crippen MR) is 75.4 cm³/mol. The molecule has 0 aliphatic carbocycles. The molecule has 0 aliphatic heterocycles. The van der Waals surface area contributed by atoms with Crippen LogP contribution >= 0.6 is 0 Å². The Labute approximate surface area is 115 Å². The van der Waals surface area contributed by atoms with Crippen LogP contribution in [0.3, 0.4) is 0 Å². The molecule has 0 spiro atoms. The van der Waals surface area contributed by atoms with Gasteiger partial charge in [-0.25, -0.2) is 8.42 Å². The van der Waals surface area contributed by atoms with Crippen LogP contribution in [0.15, 0.2) is 29.9 Å². The summed E-state index contributed by atoms with van der Waals surface area (Å²) in [5.74, 6) is 0. The Bertz CT molecular complexity index is 508. The lowest BCUT2D eigenvalue weighted by atomic mass is 10.4. The monoisotopic (exact) mass is 286 g/mol. The van der Waals surface area contributed by atoms with Crippen molar-refractivity contribution in [2.75, 3.05) is 20.1 Å². The Morgan fingerprint density at radius 1 is 1.58 bits per heavy atom. The second-order valence-corrected chi connectivity index (χ2v) is 6.67. The van der Waals surface area contributed by atoms with Crippen LogP contribution < -0.4 is 5.32 Å². The van der Waals surface area contributed by atoms with E-state index in [1.807, 2.05) is 0 Å². The SMILES string of the molecule is C=CCN(C)S(=O)(=O)c1cnn(CCNC(C)C)c1. The Balaban J connectivity index is 2.70. The molecule has 0 bridgehead atoms. The fourth-order valence-corrected chi connectivity index (χ4v) is 2.62. The second kappa shape index (κ2) is 6.83. The van der Waals surface area contributed by atoms with Crippen molar-refractivity contribution in [3.8, 4) is 0 Å². The van der Waals surface area contributed by atoms with Gasteiger partial charge in [0.25, 0.3) is 0 Å². The molecule has 1 heterocycles. The van der Waals surface area contributed by atoms with Gasteiger partial charge in [0, 0.05) is 32.4 Å². The van der Waals surface area contributed by atoms with Gasteiger partial charge in [0.2, 0.25) is 10.0 Å². The maximum atomic E-state index is 12.1. The van der Waals surface area contributed by atoms with Crippen molar-refractivity contribution in [2.45, 2.75) is 31.3 Å². The molecule has 0 aromatic carbocycles. The van der Waals surface area contributed by atoms with E-state index in [1.165, 1.54) is 17.5 Å². The quantitative estimate of drug-likeness (QED) is 0.714. The zero-order valence-corrected chi connectivity index (χ0v) is 12.5. The van der Waals surface area contributed by atoms with Crippen LogP contribution in [0, 0.1) is 0 Å². The van der Waals surface area contributed by atoms with Crippen molar-refractivity contribution in [3.63, 3.8) is 0 Å². The summed E-state index contributed by atoms with van der Waals surface area (Å²) >= 11 is 0. The molecule has 0 unspecified atom stereocenters. The summed E-state index contributed by atoms with van der Waals surface area (Å²) in [5.41, 5.74) is 0. The van der Waals surface area contributed by atoms with Gasteiger partial charge < -0.3 is 5.32 Å². The third kappa shape index (κ3) is 4.45. The zero-order valence-electron chi connectivity index (χ0n) is 11.7. The van der Waals surface area contributed by atoms with E-state index in [1.54, 1.807) is 17.0 Å². The first-order chi connectivity index (χ1) is 8.87. The molecule has 1 N–H and O–H groups in total. The lowest BCUT2D eigenvalue weighted by molar-refractivity contribution is 0.498. The molecule has 1 aromatic heterocycles. The van der Waals surface area contributed by atoms with Crippen LogP contribution in [-0.4, -0.2) is 48.7 Å². The normalized spacial score (nSPS) is 12.3. The summed E-state index contributed by atoms with van der Waals surface area (Å²) in [5, 5.41) is 7.32. The van der Waals surface area contributed by atoms with Crippen LogP contribution in [0.5, 0.6) is 0 Å². The fourth-order valence-electron chi connectivity index (χ4n) is 1.53. The van der Waals surface area contributed by atoms with E-state index in [9.17, 15) is 8.42 Å². The van der Waals surface area contributed by atoms with Crippen molar-refractivity contribution in [1.29, 1.82) is 0 Å². The van der Waals surface area contributed by atoms with Crippen molar-refractivity contribution >= 4 is 10.0 Å². The summed E-state index contributed by atoms with van der Waals surface area (Å²) < 4.78 is 27.1. The molecule has 0 saturated carbocycles. The van der Waals surface area contributed by atoms with E-state index in [-0.39, 0.29) is 11.4 Å². The fraction of sp³-hybridized carbons (Fsp3) is 0.583. The summed E-state index contributed by atoms with van der Waals surface area (Å²) in [6.45, 7) is 9.32. The molecule has 0 aliphatic rings. The maximum Gasteiger partial charge on any atom is 0.246 e. The van der Waals surface area contributed by atoms with Crippen LogP contribution in [0.1, 0.15) is 13.8 Å². The van der Waals surface area contributed by atoms with Crippen molar-refractivity contribution < 1.29 is 8.42 Å². The molecule has 6 nitrogen and oxygen atoms in total. The molecular formula is C12H22N4O2S. The molecule has 0 fully saturated rings. The molecule has 1 aromatic rings. The van der Waals surface area contributed by atoms with Gasteiger partial charge in [-0.1, -0.05) is 19.9 Å². The van der Waals surface area contributed by atoms with Gasteiger partial charge in [0.05, 0.1) is 12.7 Å². The Kier molecular flexibility index (Phi) is 5.71. The van der Waals surface area contributed by atoms with E-state index < -0.39 is 10.0 Å². The lowest BCUT2D eigenvalue weighted by Crippen LogP contribution is -2.27. The minimum Gasteiger partial charge on any atom is -0.313 e. The van der Waals surface area contributed by atoms with Gasteiger partial charge in [0.1, 0.15) is 4.90 Å². The second-order valence-electron chi connectivity index (χ2n) is 4.62. The number of sulfonamides is 1. The van der Waals surface area contributed by atoms with E-state index in [2.05, 4.69) is 30.8 Å². The third-order valence-corrected chi connectivity index (χ3v) is 4.37. The van der Waals surface area contributed by atoms with Crippen LogP contribution in [0.2, 0.25) is 0 Å². The highest BCUT2D eigenvalue weighted by Crippen LogP contribution is 2.12. The molecule has 0 saturated heterocycles. The number of hydrogen-bond acceptors (Lipinski definition) is 4. The first-order valence-corrected chi connectivity index (χ1v) is 7.65. The topological polar surface area (TPSA) is 67.2 Å². The average molecular weight is 286 g/mol. The van der Waals surface area contributed by atoms with Crippen molar-refractivity contribution in [1.82, 2.24) is 19.4 Å². The summed E-state index contributed by atoms with van der Waals surface area (Å²) in [4.78, 5) is 0.210. The summed E-state index contributed by atoms with van der Waals surface area (Å²) in [6.07, 6.45) is 4.48. The van der Waals surface area contributed by atoms with E-state index in [4.69, 9.17) is 0 Å². The molecule has 108 valence electrons. The molecule has 19 heavy (non-hydrogen) atoms. The van der Waals surface area contributed by atoms with Gasteiger partial charge in [-0.05, 0) is 0 Å². The summed E-state index contributed by atoms with van der Waals surface area (Å²) in [7, 11) is -1.94. The standard InChI is InChI=1S/C12H22N4O2S/c1-5-7-15(4)19(17,18)12-9-14-16(10-12)8-6-13-11(2)3/h5,9-11,13H,1,6-8H2,2-4H3. The highest BCUT2D eigenvalue weighted by atomic mass is 32.2. The number of rotatable bonds is 8. The number of nitrogens with zero attached hydrogens (tertiary/aromatic N) is 3. The minimum absolute atomic E-state index is 0.210. The van der Waals surface area contributed by atoms with Gasteiger partial charge in [-0.15, -0.1) is 6.58 Å². The zero-order chi connectivity index (χ0) is 14.5. The molecular weight excluding hydrogens is 264 g/mol. The Morgan fingerprint density at radius 3 is 2.84 bits per heavy atom. The van der Waals surface area contributed by atoms with Crippen LogP contribution in [0.25, 0.3) is 0 Å². The van der Waals surface area contributed by atoms with Gasteiger partial charge in [-0.2, -0.15) is 9.40 Å². The Morgan fingerprint density at radius 2 is 2.26 bits per heavy atom. The number of hydrogen-bond donors (Lipinski definition) is 1. The van der Waals surface area contributed by atoms with Gasteiger partial charge in [-0.3, -0.25) is 4.68 Å². The smallest absolute Gasteiger partial charge is 0.246 e. The molecule has 0 radical (unpaired) electrons. The number of nitrogens with one attached hydrogen (secondary N) is 1. The highest BCUT2D eigenvalue weighted by Gasteiger charge is 2.21. The number of aromatic nitrogens is 2. The van der Waals surface area contributed by atoms with Gasteiger partial charge in [0.15, 0.2) is 0 Å². The van der Waals surface area contributed by atoms with Crippen LogP contribution in [0.4, 0.5) is 0 Å². The van der Waals surface area contributed by atoms with Crippen molar-refractivity contribution in [2.24, 2.45) is 0 Å². The van der Waals surface area contributed by atoms with Crippen LogP contribution in [-0.2, 0) is 16.6 Å². The van der Waals surface area contributed by atoms with E-state index >= 15 is 0 Å². The van der Waals surface area contributed by atoms with Gasteiger partial charge >= 0.3 is 0 Å². The Hall–Kier alpha value is -1.18. The first kappa shape index (κ1) is 15.9. The lowest BCUT2D eigenvalue weighted by Gasteiger charge is -2.13. The number of likely N-dealkylation sites (N-methyl/N-ethyl adjacent to an activating group) is 1.